The zero-order chi connectivity index (χ0) is 28.3. The molecule has 6 rings (SSSR count). The fourth-order valence-corrected chi connectivity index (χ4v) is 5.01. The van der Waals surface area contributed by atoms with E-state index in [0.717, 1.165) is 50.1 Å². The van der Waals surface area contributed by atoms with Crippen LogP contribution >= 0.6 is 0 Å². The van der Waals surface area contributed by atoms with Gasteiger partial charge in [0.05, 0.1) is 29.3 Å². The lowest BCUT2D eigenvalue weighted by Crippen LogP contribution is -2.15. The fraction of sp³-hybridized carbons (Fsp3) is 0.147. The molecule has 0 unspecified atom stereocenters. The van der Waals surface area contributed by atoms with Gasteiger partial charge in [-0.25, -0.2) is 9.98 Å². The summed E-state index contributed by atoms with van der Waals surface area (Å²) in [7, 11) is 4.01. The zero-order valence-electron chi connectivity index (χ0n) is 22.8. The maximum Gasteiger partial charge on any atom is 0.230 e. The number of pyridine rings is 2. The average Bonchev–Trinajstić information content (AvgIpc) is 3.81. The number of benzene rings is 3. The van der Waals surface area contributed by atoms with Gasteiger partial charge in [0.2, 0.25) is 5.91 Å². The Labute approximate surface area is 238 Å². The summed E-state index contributed by atoms with van der Waals surface area (Å²) in [5.41, 5.74) is 6.54. The molecule has 1 saturated carbocycles. The van der Waals surface area contributed by atoms with Gasteiger partial charge in [-0.3, -0.25) is 9.78 Å². The summed E-state index contributed by atoms with van der Waals surface area (Å²) in [5.74, 6) is -0.215. The summed E-state index contributed by atoms with van der Waals surface area (Å²) in [5, 5.41) is 13.8. The molecule has 5 aromatic rings. The summed E-state index contributed by atoms with van der Waals surface area (Å²) in [4.78, 5) is 29.0. The monoisotopic (exact) mass is 536 g/mol. The Morgan fingerprint density at radius 1 is 0.976 bits per heavy atom. The summed E-state index contributed by atoms with van der Waals surface area (Å²) >= 11 is 0. The second-order valence-corrected chi connectivity index (χ2v) is 10.3. The molecule has 200 valence electrons. The van der Waals surface area contributed by atoms with Crippen LogP contribution < -0.4 is 10.2 Å². The predicted octanol–water partition coefficient (Wildman–Crippen LogP) is 6.63. The van der Waals surface area contributed by atoms with Crippen molar-refractivity contribution in [1.29, 1.82) is 5.26 Å². The Balaban J connectivity index is 1.54. The highest BCUT2D eigenvalue weighted by atomic mass is 16.2. The van der Waals surface area contributed by atoms with Crippen LogP contribution in [0.25, 0.3) is 21.9 Å². The quantitative estimate of drug-likeness (QED) is 0.236. The number of nitrogens with zero attached hydrogens (tertiary/aromatic N) is 5. The molecule has 0 bridgehead atoms. The van der Waals surface area contributed by atoms with Crippen molar-refractivity contribution in [1.82, 2.24) is 9.97 Å². The standard InChI is InChI=1S/C34H28N6O/c1-40(2)31-13-14-36-20-29(31)24-15-25-18-32(39-34(41)27-16-26(27)19-35)37-21-28(25)30(17-24)38-33(22-9-5-3-6-10-22)23-11-7-4-8-12-23/h3-15,17-18,20-21,26-27H,16H2,1-2H3,(H,37,39,41)/t26-,27+/m0/s1. The number of anilines is 2. The number of hydrogen-bond donors (Lipinski definition) is 1. The Kier molecular flexibility index (Phi) is 6.97. The van der Waals surface area contributed by atoms with E-state index in [1.54, 1.807) is 12.4 Å². The summed E-state index contributed by atoms with van der Waals surface area (Å²) in [6, 6.07) is 30.4. The number of nitriles is 1. The summed E-state index contributed by atoms with van der Waals surface area (Å²) < 4.78 is 0. The number of nitrogens with one attached hydrogen (secondary N) is 1. The smallest absolute Gasteiger partial charge is 0.230 e. The Bertz CT molecular complexity index is 1770. The van der Waals surface area contributed by atoms with Crippen molar-refractivity contribution < 1.29 is 4.79 Å². The van der Waals surface area contributed by atoms with Crippen LogP contribution in [0.4, 0.5) is 17.2 Å². The minimum absolute atomic E-state index is 0.171. The van der Waals surface area contributed by atoms with E-state index < -0.39 is 0 Å². The van der Waals surface area contributed by atoms with E-state index >= 15 is 0 Å². The van der Waals surface area contributed by atoms with E-state index in [2.05, 4.69) is 62.7 Å². The first-order valence-corrected chi connectivity index (χ1v) is 13.5. The van der Waals surface area contributed by atoms with Crippen LogP contribution in [0.3, 0.4) is 0 Å². The molecule has 2 aromatic heterocycles. The number of carbonyl (C=O) groups excluding carboxylic acids is 1. The highest BCUT2D eigenvalue weighted by Crippen LogP contribution is 2.40. The zero-order valence-corrected chi connectivity index (χ0v) is 22.8. The second-order valence-electron chi connectivity index (χ2n) is 10.3. The van der Waals surface area contributed by atoms with E-state index in [1.165, 1.54) is 0 Å². The molecular formula is C34H28N6O. The number of aromatic nitrogens is 2. The van der Waals surface area contributed by atoms with E-state index in [4.69, 9.17) is 10.3 Å². The second kappa shape index (κ2) is 11.0. The van der Waals surface area contributed by atoms with Crippen molar-refractivity contribution in [2.45, 2.75) is 6.42 Å². The van der Waals surface area contributed by atoms with Gasteiger partial charge in [-0.1, -0.05) is 60.7 Å². The molecule has 1 aliphatic rings. The normalized spacial score (nSPS) is 15.5. The van der Waals surface area contributed by atoms with Crippen molar-refractivity contribution in [3.63, 3.8) is 0 Å². The van der Waals surface area contributed by atoms with Crippen LogP contribution in [0.2, 0.25) is 0 Å². The van der Waals surface area contributed by atoms with Crippen LogP contribution in [-0.4, -0.2) is 35.7 Å². The Morgan fingerprint density at radius 3 is 2.32 bits per heavy atom. The molecule has 0 aliphatic heterocycles. The molecule has 1 fully saturated rings. The molecule has 3 aromatic carbocycles. The van der Waals surface area contributed by atoms with Crippen molar-refractivity contribution >= 4 is 39.6 Å². The maximum absolute atomic E-state index is 12.7. The SMILES string of the molecule is CN(C)c1ccncc1-c1cc(N=C(c2ccccc2)c2ccccc2)c2cnc(NC(=O)[C@@H]3C[C@H]3C#N)cc2c1. The summed E-state index contributed by atoms with van der Waals surface area (Å²) in [6.45, 7) is 0. The fourth-order valence-electron chi connectivity index (χ4n) is 5.01. The van der Waals surface area contributed by atoms with Crippen LogP contribution in [0.1, 0.15) is 17.5 Å². The highest BCUT2D eigenvalue weighted by molar-refractivity contribution is 6.15. The van der Waals surface area contributed by atoms with Crippen LogP contribution in [0.15, 0.2) is 109 Å². The minimum atomic E-state index is -0.277. The van der Waals surface area contributed by atoms with E-state index in [0.29, 0.717) is 12.2 Å². The van der Waals surface area contributed by atoms with Crippen LogP contribution in [0, 0.1) is 23.2 Å². The van der Waals surface area contributed by atoms with Crippen molar-refractivity contribution in [2.75, 3.05) is 24.3 Å². The molecule has 1 amide bonds. The van der Waals surface area contributed by atoms with Crippen molar-refractivity contribution in [2.24, 2.45) is 16.8 Å². The number of carbonyl (C=O) groups is 1. The van der Waals surface area contributed by atoms with Gasteiger partial charge in [0.1, 0.15) is 5.82 Å². The number of rotatable bonds is 7. The Morgan fingerprint density at radius 2 is 1.68 bits per heavy atom. The first-order chi connectivity index (χ1) is 20.0. The van der Waals surface area contributed by atoms with Crippen LogP contribution in [-0.2, 0) is 4.79 Å². The molecular weight excluding hydrogens is 508 g/mol. The van der Waals surface area contributed by atoms with Gasteiger partial charge in [0.15, 0.2) is 0 Å². The average molecular weight is 537 g/mol. The molecule has 1 N–H and O–H groups in total. The molecule has 0 spiro atoms. The number of fused-ring (bicyclic) bond motifs is 1. The van der Waals surface area contributed by atoms with Crippen LogP contribution in [0.5, 0.6) is 0 Å². The maximum atomic E-state index is 12.7. The van der Waals surface area contributed by atoms with Gasteiger partial charge < -0.3 is 10.2 Å². The number of aliphatic imine (C=N–C) groups is 1. The number of hydrogen-bond acceptors (Lipinski definition) is 6. The molecule has 1 aliphatic carbocycles. The van der Waals surface area contributed by atoms with Crippen molar-refractivity contribution in [3.05, 3.63) is 115 Å². The Hall–Kier alpha value is -5.35. The largest absolute Gasteiger partial charge is 0.377 e. The highest BCUT2D eigenvalue weighted by Gasteiger charge is 2.43. The molecule has 0 saturated heterocycles. The van der Waals surface area contributed by atoms with Crippen molar-refractivity contribution in [3.8, 4) is 17.2 Å². The lowest BCUT2D eigenvalue weighted by atomic mass is 9.99. The molecule has 2 heterocycles. The predicted molar refractivity (Wildman–Crippen MR) is 163 cm³/mol. The topological polar surface area (TPSA) is 94.3 Å². The van der Waals surface area contributed by atoms with Gasteiger partial charge in [0, 0.05) is 60.4 Å². The first-order valence-electron chi connectivity index (χ1n) is 13.5. The van der Waals surface area contributed by atoms with E-state index in [9.17, 15) is 4.79 Å². The molecule has 0 radical (unpaired) electrons. The summed E-state index contributed by atoms with van der Waals surface area (Å²) in [6.07, 6.45) is 5.99. The van der Waals surface area contributed by atoms with E-state index in [-0.39, 0.29) is 17.7 Å². The molecule has 7 heteroatoms. The number of amides is 1. The molecule has 2 atom stereocenters. The lowest BCUT2D eigenvalue weighted by Gasteiger charge is -2.18. The van der Waals surface area contributed by atoms with Gasteiger partial charge in [-0.05, 0) is 41.6 Å². The van der Waals surface area contributed by atoms with Gasteiger partial charge in [0.25, 0.3) is 0 Å². The first kappa shape index (κ1) is 25.9. The van der Waals surface area contributed by atoms with Gasteiger partial charge in [-0.2, -0.15) is 5.26 Å². The van der Waals surface area contributed by atoms with Gasteiger partial charge >= 0.3 is 0 Å². The third-order valence-electron chi connectivity index (χ3n) is 7.28. The van der Waals surface area contributed by atoms with E-state index in [1.807, 2.05) is 68.8 Å². The van der Waals surface area contributed by atoms with Gasteiger partial charge in [-0.15, -0.1) is 0 Å². The third-order valence-corrected chi connectivity index (χ3v) is 7.28. The minimum Gasteiger partial charge on any atom is -0.377 e. The molecule has 41 heavy (non-hydrogen) atoms. The molecule has 7 nitrogen and oxygen atoms in total. The third kappa shape index (κ3) is 5.41. The lowest BCUT2D eigenvalue weighted by molar-refractivity contribution is -0.117.